The zero-order valence-electron chi connectivity index (χ0n) is 16.9. The standard InChI is InChI=1S/C22H24Cl3N3O.ClH/c1-15(13-24)28(10-8-23)14-16-11-18(4-6-22(16)29-2)27-20-7-9-26-21-12-17(25)3-5-19(20)21;/h3-7,9,11-12,15H,8,10,13-14H2,1-2H3,(H,26,27);1H. The van der Waals surface area contributed by atoms with Crippen molar-refractivity contribution < 1.29 is 4.74 Å². The van der Waals surface area contributed by atoms with Gasteiger partial charge in [0.15, 0.2) is 0 Å². The molecule has 3 aromatic rings. The summed E-state index contributed by atoms with van der Waals surface area (Å²) in [4.78, 5) is 6.66. The summed E-state index contributed by atoms with van der Waals surface area (Å²) in [7, 11) is 1.68. The highest BCUT2D eigenvalue weighted by atomic mass is 35.5. The van der Waals surface area contributed by atoms with Gasteiger partial charge in [-0.2, -0.15) is 0 Å². The Morgan fingerprint density at radius 2 is 1.93 bits per heavy atom. The van der Waals surface area contributed by atoms with Gasteiger partial charge in [-0.1, -0.05) is 11.6 Å². The third-order valence-electron chi connectivity index (χ3n) is 4.86. The van der Waals surface area contributed by atoms with Gasteiger partial charge in [0.2, 0.25) is 0 Å². The van der Waals surface area contributed by atoms with Crippen LogP contribution in [0.15, 0.2) is 48.7 Å². The number of anilines is 2. The molecule has 0 saturated carbocycles. The number of hydrogen-bond acceptors (Lipinski definition) is 4. The Kier molecular flexibility index (Phi) is 9.79. The molecule has 1 atom stereocenters. The Labute approximate surface area is 198 Å². The van der Waals surface area contributed by atoms with Gasteiger partial charge >= 0.3 is 0 Å². The summed E-state index contributed by atoms with van der Waals surface area (Å²) < 4.78 is 5.58. The zero-order chi connectivity index (χ0) is 20.8. The van der Waals surface area contributed by atoms with Gasteiger partial charge in [0.1, 0.15) is 5.75 Å². The number of alkyl halides is 2. The van der Waals surface area contributed by atoms with Crippen LogP contribution in [0.2, 0.25) is 5.02 Å². The number of hydrogen-bond donors (Lipinski definition) is 1. The van der Waals surface area contributed by atoms with Crippen molar-refractivity contribution in [1.82, 2.24) is 9.88 Å². The number of pyridine rings is 1. The smallest absolute Gasteiger partial charge is 0.123 e. The summed E-state index contributed by atoms with van der Waals surface area (Å²) in [5, 5.41) is 5.17. The third-order valence-corrected chi connectivity index (χ3v) is 5.71. The number of nitrogens with zero attached hydrogens (tertiary/aromatic N) is 2. The molecular weight excluding hydrogens is 464 g/mol. The molecule has 0 aliphatic carbocycles. The molecule has 0 aliphatic heterocycles. The second kappa shape index (κ2) is 11.8. The second-order valence-corrected chi connectivity index (χ2v) is 7.96. The van der Waals surface area contributed by atoms with Gasteiger partial charge in [0.05, 0.1) is 12.6 Å². The molecule has 30 heavy (non-hydrogen) atoms. The minimum Gasteiger partial charge on any atom is -0.496 e. The number of aromatic nitrogens is 1. The fraction of sp³-hybridized carbons (Fsp3) is 0.318. The van der Waals surface area contributed by atoms with E-state index in [-0.39, 0.29) is 18.4 Å². The summed E-state index contributed by atoms with van der Waals surface area (Å²) in [6, 6.07) is 13.9. The predicted octanol–water partition coefficient (Wildman–Crippen LogP) is 6.73. The van der Waals surface area contributed by atoms with Gasteiger partial charge in [-0.3, -0.25) is 9.88 Å². The molecule has 0 saturated heterocycles. The third kappa shape index (κ3) is 6.05. The van der Waals surface area contributed by atoms with E-state index in [4.69, 9.17) is 39.5 Å². The Morgan fingerprint density at radius 1 is 1.13 bits per heavy atom. The van der Waals surface area contributed by atoms with Crippen LogP contribution in [-0.2, 0) is 6.54 Å². The molecular formula is C22H25Cl4N3O. The predicted molar refractivity (Wildman–Crippen MR) is 132 cm³/mol. The summed E-state index contributed by atoms with van der Waals surface area (Å²) in [5.41, 5.74) is 3.85. The van der Waals surface area contributed by atoms with Gasteiger partial charge < -0.3 is 10.1 Å². The molecule has 1 N–H and O–H groups in total. The van der Waals surface area contributed by atoms with E-state index in [1.54, 1.807) is 13.3 Å². The lowest BCUT2D eigenvalue weighted by Gasteiger charge is -2.28. The normalized spacial score (nSPS) is 11.9. The second-order valence-electron chi connectivity index (χ2n) is 6.83. The first-order valence-electron chi connectivity index (χ1n) is 9.40. The lowest BCUT2D eigenvalue weighted by molar-refractivity contribution is 0.225. The molecule has 162 valence electrons. The van der Waals surface area contributed by atoms with Crippen molar-refractivity contribution in [3.63, 3.8) is 0 Å². The van der Waals surface area contributed by atoms with E-state index >= 15 is 0 Å². The number of benzene rings is 2. The first-order valence-corrected chi connectivity index (χ1v) is 10.8. The SMILES string of the molecule is COc1ccc(Nc2ccnc3cc(Cl)ccc23)cc1CN(CCCl)C(C)CCl.Cl. The van der Waals surface area contributed by atoms with Crippen molar-refractivity contribution in [2.24, 2.45) is 0 Å². The lowest BCUT2D eigenvalue weighted by Crippen LogP contribution is -2.35. The topological polar surface area (TPSA) is 37.4 Å². The van der Waals surface area contributed by atoms with Gasteiger partial charge in [-0.15, -0.1) is 35.6 Å². The van der Waals surface area contributed by atoms with E-state index in [1.165, 1.54) is 0 Å². The summed E-state index contributed by atoms with van der Waals surface area (Å²) in [5.74, 6) is 1.93. The monoisotopic (exact) mass is 487 g/mol. The molecule has 8 heteroatoms. The summed E-state index contributed by atoms with van der Waals surface area (Å²) in [6.07, 6.45) is 1.77. The van der Waals surface area contributed by atoms with Crippen molar-refractivity contribution >= 4 is 69.5 Å². The Bertz CT molecular complexity index is 970. The van der Waals surface area contributed by atoms with E-state index in [0.29, 0.717) is 23.3 Å². The zero-order valence-corrected chi connectivity index (χ0v) is 20.0. The number of nitrogens with one attached hydrogen (secondary N) is 1. The average Bonchev–Trinajstić information content (AvgIpc) is 2.73. The molecule has 0 fully saturated rings. The van der Waals surface area contributed by atoms with Crippen LogP contribution in [0.5, 0.6) is 5.75 Å². The van der Waals surface area contributed by atoms with Crippen LogP contribution in [0.25, 0.3) is 10.9 Å². The average molecular weight is 489 g/mol. The minimum absolute atomic E-state index is 0. The lowest BCUT2D eigenvalue weighted by atomic mass is 10.1. The number of methoxy groups -OCH3 is 1. The van der Waals surface area contributed by atoms with Crippen LogP contribution in [0.3, 0.4) is 0 Å². The van der Waals surface area contributed by atoms with Crippen LogP contribution >= 0.6 is 47.2 Å². The number of halogens is 4. The highest BCUT2D eigenvalue weighted by molar-refractivity contribution is 6.31. The van der Waals surface area contributed by atoms with Crippen LogP contribution in [0.4, 0.5) is 11.4 Å². The van der Waals surface area contributed by atoms with Crippen molar-refractivity contribution in [2.45, 2.75) is 19.5 Å². The maximum atomic E-state index is 6.10. The van der Waals surface area contributed by atoms with Crippen molar-refractivity contribution in [1.29, 1.82) is 0 Å². The van der Waals surface area contributed by atoms with Gasteiger partial charge in [0.25, 0.3) is 0 Å². The molecule has 0 spiro atoms. The number of rotatable bonds is 9. The number of fused-ring (bicyclic) bond motifs is 1. The van der Waals surface area contributed by atoms with Gasteiger partial charge in [-0.25, -0.2) is 0 Å². The highest BCUT2D eigenvalue weighted by Crippen LogP contribution is 2.30. The van der Waals surface area contributed by atoms with Crippen LogP contribution in [0.1, 0.15) is 12.5 Å². The van der Waals surface area contributed by atoms with E-state index in [2.05, 4.69) is 28.2 Å². The fourth-order valence-electron chi connectivity index (χ4n) is 3.25. The maximum Gasteiger partial charge on any atom is 0.123 e. The molecule has 2 aromatic carbocycles. The Hall–Kier alpha value is -1.43. The van der Waals surface area contributed by atoms with Crippen LogP contribution < -0.4 is 10.1 Å². The molecule has 0 bridgehead atoms. The summed E-state index contributed by atoms with van der Waals surface area (Å²) in [6.45, 7) is 3.56. The molecule has 1 heterocycles. The van der Waals surface area contributed by atoms with Crippen molar-refractivity contribution in [3.05, 3.63) is 59.2 Å². The number of ether oxygens (including phenoxy) is 1. The van der Waals surface area contributed by atoms with Crippen molar-refractivity contribution in [2.75, 3.05) is 30.7 Å². The first-order chi connectivity index (χ1) is 14.0. The molecule has 0 aliphatic rings. The van der Waals surface area contributed by atoms with E-state index in [0.717, 1.165) is 40.1 Å². The maximum absolute atomic E-state index is 6.10. The first kappa shape index (κ1) is 24.8. The molecule has 1 unspecified atom stereocenters. The summed E-state index contributed by atoms with van der Waals surface area (Å²) >= 11 is 18.2. The fourth-order valence-corrected chi connectivity index (χ4v) is 3.82. The minimum atomic E-state index is 0. The van der Waals surface area contributed by atoms with E-state index in [9.17, 15) is 0 Å². The quantitative estimate of drug-likeness (QED) is 0.339. The highest BCUT2D eigenvalue weighted by Gasteiger charge is 2.16. The van der Waals surface area contributed by atoms with E-state index in [1.807, 2.05) is 36.4 Å². The van der Waals surface area contributed by atoms with Gasteiger partial charge in [0, 0.05) is 64.4 Å². The Morgan fingerprint density at radius 3 is 2.63 bits per heavy atom. The van der Waals surface area contributed by atoms with Crippen LogP contribution in [0, 0.1) is 0 Å². The van der Waals surface area contributed by atoms with E-state index < -0.39 is 0 Å². The van der Waals surface area contributed by atoms with Gasteiger partial charge in [-0.05, 0) is 49.4 Å². The molecule has 0 radical (unpaired) electrons. The van der Waals surface area contributed by atoms with Crippen molar-refractivity contribution in [3.8, 4) is 5.75 Å². The molecule has 1 aromatic heterocycles. The largest absolute Gasteiger partial charge is 0.496 e. The molecule has 3 rings (SSSR count). The molecule has 4 nitrogen and oxygen atoms in total. The molecule has 0 amide bonds. The van der Waals surface area contributed by atoms with Crippen LogP contribution in [-0.4, -0.2) is 41.3 Å². The Balaban J connectivity index is 0.00000320.